The fraction of sp³-hybridized carbons (Fsp3) is 0.533. The van der Waals surface area contributed by atoms with Crippen LogP contribution < -0.4 is 10.5 Å². The van der Waals surface area contributed by atoms with Crippen molar-refractivity contribution >= 4 is 11.6 Å². The van der Waals surface area contributed by atoms with Crippen LogP contribution in [0.4, 0.5) is 5.69 Å². The number of likely N-dealkylation sites (N-methyl/N-ethyl adjacent to an activating group) is 2. The Balaban J connectivity index is 2.55. The number of nitrogen functional groups attached to an aromatic ring is 1. The summed E-state index contributed by atoms with van der Waals surface area (Å²) in [6.45, 7) is 5.56. The lowest BCUT2D eigenvalue weighted by molar-refractivity contribution is -0.135. The van der Waals surface area contributed by atoms with Crippen LogP contribution in [0.2, 0.25) is 0 Å². The van der Waals surface area contributed by atoms with Crippen LogP contribution in [0, 0.1) is 0 Å². The SMILES string of the molecule is CCN(C(=O)COc1cccc(N)c1)C(C)CN(C)C. The van der Waals surface area contributed by atoms with E-state index in [0.29, 0.717) is 18.0 Å². The van der Waals surface area contributed by atoms with Crippen molar-refractivity contribution in [1.29, 1.82) is 0 Å². The third-order valence-electron chi connectivity index (χ3n) is 3.04. The van der Waals surface area contributed by atoms with Crippen molar-refractivity contribution in [1.82, 2.24) is 9.80 Å². The zero-order valence-electron chi connectivity index (χ0n) is 12.8. The van der Waals surface area contributed by atoms with Crippen molar-refractivity contribution in [2.24, 2.45) is 0 Å². The number of nitrogens with zero attached hydrogens (tertiary/aromatic N) is 2. The van der Waals surface area contributed by atoms with Crippen LogP contribution in [0.3, 0.4) is 0 Å². The first-order chi connectivity index (χ1) is 9.43. The molecule has 0 aliphatic heterocycles. The van der Waals surface area contributed by atoms with Gasteiger partial charge in [-0.3, -0.25) is 4.79 Å². The first-order valence-electron chi connectivity index (χ1n) is 6.86. The number of anilines is 1. The van der Waals surface area contributed by atoms with E-state index in [4.69, 9.17) is 10.5 Å². The van der Waals surface area contributed by atoms with Crippen LogP contribution >= 0.6 is 0 Å². The number of carbonyl (C=O) groups is 1. The fourth-order valence-corrected chi connectivity index (χ4v) is 2.19. The molecule has 1 aromatic carbocycles. The van der Waals surface area contributed by atoms with Crippen molar-refractivity contribution in [2.75, 3.05) is 39.5 Å². The number of amides is 1. The predicted octanol–water partition coefficient (Wildman–Crippen LogP) is 1.45. The summed E-state index contributed by atoms with van der Waals surface area (Å²) in [6.07, 6.45) is 0. The van der Waals surface area contributed by atoms with Gasteiger partial charge in [-0.2, -0.15) is 0 Å². The molecule has 0 saturated heterocycles. The molecule has 0 heterocycles. The van der Waals surface area contributed by atoms with Gasteiger partial charge in [-0.15, -0.1) is 0 Å². The zero-order valence-corrected chi connectivity index (χ0v) is 12.8. The molecule has 1 amide bonds. The largest absolute Gasteiger partial charge is 0.484 e. The molecule has 0 radical (unpaired) electrons. The highest BCUT2D eigenvalue weighted by Gasteiger charge is 2.19. The lowest BCUT2D eigenvalue weighted by Crippen LogP contribution is -2.45. The summed E-state index contributed by atoms with van der Waals surface area (Å²) >= 11 is 0. The maximum absolute atomic E-state index is 12.2. The van der Waals surface area contributed by atoms with E-state index in [-0.39, 0.29) is 18.6 Å². The Kier molecular flexibility index (Phi) is 6.31. The first kappa shape index (κ1) is 16.3. The third-order valence-corrected chi connectivity index (χ3v) is 3.04. The monoisotopic (exact) mass is 279 g/mol. The number of rotatable bonds is 7. The molecule has 0 fully saturated rings. The summed E-state index contributed by atoms with van der Waals surface area (Å²) in [6, 6.07) is 7.26. The van der Waals surface area contributed by atoms with Gasteiger partial charge in [0.2, 0.25) is 0 Å². The van der Waals surface area contributed by atoms with Gasteiger partial charge in [0, 0.05) is 30.9 Å². The second-order valence-corrected chi connectivity index (χ2v) is 5.15. The summed E-state index contributed by atoms with van der Waals surface area (Å²) in [5, 5.41) is 0. The molecule has 0 saturated carbocycles. The molecule has 20 heavy (non-hydrogen) atoms. The summed E-state index contributed by atoms with van der Waals surface area (Å²) in [4.78, 5) is 16.1. The number of carbonyl (C=O) groups excluding carboxylic acids is 1. The summed E-state index contributed by atoms with van der Waals surface area (Å²) < 4.78 is 5.50. The van der Waals surface area contributed by atoms with E-state index in [1.54, 1.807) is 24.3 Å². The van der Waals surface area contributed by atoms with Crippen LogP contribution in [-0.4, -0.2) is 55.5 Å². The van der Waals surface area contributed by atoms with E-state index in [2.05, 4.69) is 4.90 Å². The fourth-order valence-electron chi connectivity index (χ4n) is 2.19. The zero-order chi connectivity index (χ0) is 15.1. The molecule has 0 aliphatic carbocycles. The summed E-state index contributed by atoms with van der Waals surface area (Å²) in [5.41, 5.74) is 6.30. The number of ether oxygens (including phenoxy) is 1. The van der Waals surface area contributed by atoms with Crippen LogP contribution in [0.15, 0.2) is 24.3 Å². The molecule has 0 bridgehead atoms. The molecule has 112 valence electrons. The van der Waals surface area contributed by atoms with Gasteiger partial charge in [-0.1, -0.05) is 6.07 Å². The van der Waals surface area contributed by atoms with Crippen LogP contribution in [0.25, 0.3) is 0 Å². The lowest BCUT2D eigenvalue weighted by Gasteiger charge is -2.30. The van der Waals surface area contributed by atoms with Gasteiger partial charge in [0.05, 0.1) is 0 Å². The smallest absolute Gasteiger partial charge is 0.260 e. The molecule has 1 atom stereocenters. The minimum Gasteiger partial charge on any atom is -0.484 e. The van der Waals surface area contributed by atoms with Crippen molar-refractivity contribution < 1.29 is 9.53 Å². The molecule has 2 N–H and O–H groups in total. The van der Waals surface area contributed by atoms with E-state index in [1.165, 1.54) is 0 Å². The Morgan fingerprint density at radius 2 is 2.10 bits per heavy atom. The van der Waals surface area contributed by atoms with E-state index >= 15 is 0 Å². The van der Waals surface area contributed by atoms with Crippen LogP contribution in [-0.2, 0) is 4.79 Å². The molecule has 5 heteroatoms. The van der Waals surface area contributed by atoms with Gasteiger partial charge >= 0.3 is 0 Å². The topological polar surface area (TPSA) is 58.8 Å². The van der Waals surface area contributed by atoms with Crippen molar-refractivity contribution in [2.45, 2.75) is 19.9 Å². The van der Waals surface area contributed by atoms with Crippen LogP contribution in [0.5, 0.6) is 5.75 Å². The molecule has 0 spiro atoms. The van der Waals surface area contributed by atoms with E-state index in [9.17, 15) is 4.79 Å². The lowest BCUT2D eigenvalue weighted by atomic mass is 10.2. The van der Waals surface area contributed by atoms with E-state index < -0.39 is 0 Å². The van der Waals surface area contributed by atoms with Gasteiger partial charge in [-0.25, -0.2) is 0 Å². The Labute approximate surface area is 121 Å². The molecule has 1 unspecified atom stereocenters. The van der Waals surface area contributed by atoms with Gasteiger partial charge in [0.15, 0.2) is 6.61 Å². The first-order valence-corrected chi connectivity index (χ1v) is 6.86. The minimum atomic E-state index is -0.00993. The highest BCUT2D eigenvalue weighted by Crippen LogP contribution is 2.14. The maximum Gasteiger partial charge on any atom is 0.260 e. The highest BCUT2D eigenvalue weighted by molar-refractivity contribution is 5.78. The Bertz CT molecular complexity index is 435. The van der Waals surface area contributed by atoms with Gasteiger partial charge in [0.25, 0.3) is 5.91 Å². The predicted molar refractivity (Wildman–Crippen MR) is 81.8 cm³/mol. The van der Waals surface area contributed by atoms with Crippen molar-refractivity contribution in [3.05, 3.63) is 24.3 Å². The third kappa shape index (κ3) is 5.09. The summed E-state index contributed by atoms with van der Waals surface area (Å²) in [5.74, 6) is 0.610. The quantitative estimate of drug-likeness (QED) is 0.767. The molecule has 5 nitrogen and oxygen atoms in total. The second-order valence-electron chi connectivity index (χ2n) is 5.15. The Morgan fingerprint density at radius 1 is 1.40 bits per heavy atom. The van der Waals surface area contributed by atoms with Gasteiger partial charge in [-0.05, 0) is 40.1 Å². The number of benzene rings is 1. The van der Waals surface area contributed by atoms with Gasteiger partial charge < -0.3 is 20.3 Å². The average Bonchev–Trinajstić information content (AvgIpc) is 2.36. The normalized spacial score (nSPS) is 12.2. The van der Waals surface area contributed by atoms with Crippen LogP contribution in [0.1, 0.15) is 13.8 Å². The molecular formula is C15H25N3O2. The Hall–Kier alpha value is -1.75. The number of hydrogen-bond donors (Lipinski definition) is 1. The Morgan fingerprint density at radius 3 is 2.65 bits per heavy atom. The molecule has 0 aromatic heterocycles. The van der Waals surface area contributed by atoms with E-state index in [1.807, 2.05) is 32.8 Å². The summed E-state index contributed by atoms with van der Waals surface area (Å²) in [7, 11) is 4.00. The number of nitrogens with two attached hydrogens (primary N) is 1. The molecular weight excluding hydrogens is 254 g/mol. The average molecular weight is 279 g/mol. The van der Waals surface area contributed by atoms with E-state index in [0.717, 1.165) is 6.54 Å². The second kappa shape index (κ2) is 7.75. The minimum absolute atomic E-state index is 0.00993. The highest BCUT2D eigenvalue weighted by atomic mass is 16.5. The van der Waals surface area contributed by atoms with Gasteiger partial charge in [0.1, 0.15) is 5.75 Å². The van der Waals surface area contributed by atoms with Crippen molar-refractivity contribution in [3.8, 4) is 5.75 Å². The standard InChI is InChI=1S/C15H25N3O2/c1-5-18(12(2)10-17(3)4)15(19)11-20-14-8-6-7-13(16)9-14/h6-9,12H,5,10-11,16H2,1-4H3. The van der Waals surface area contributed by atoms with Crippen molar-refractivity contribution in [3.63, 3.8) is 0 Å². The number of hydrogen-bond acceptors (Lipinski definition) is 4. The maximum atomic E-state index is 12.2. The molecule has 0 aliphatic rings. The molecule has 1 aromatic rings. The molecule has 1 rings (SSSR count).